The molecule has 0 atom stereocenters. The molecule has 0 amide bonds. The van der Waals surface area contributed by atoms with E-state index in [1.54, 1.807) is 43.3 Å². The molecule has 0 bridgehead atoms. The molecule has 2 aromatic carbocycles. The minimum Gasteiger partial charge on any atom is -0.495 e. The number of benzene rings is 2. The van der Waals surface area contributed by atoms with E-state index in [1.165, 1.54) is 13.2 Å². The van der Waals surface area contributed by atoms with E-state index in [4.69, 9.17) is 4.74 Å². The van der Waals surface area contributed by atoms with Crippen molar-refractivity contribution in [2.75, 3.05) is 13.7 Å². The predicted molar refractivity (Wildman–Crippen MR) is 83.0 cm³/mol. The SMILES string of the molecule is COc1ccc(C)cc1S(=O)(=O)NCCc1ccccc1F. The number of halogens is 1. The number of nitrogens with one attached hydrogen (secondary N) is 1. The zero-order chi connectivity index (χ0) is 16.2. The third kappa shape index (κ3) is 3.84. The number of hydrogen-bond donors (Lipinski definition) is 1. The summed E-state index contributed by atoms with van der Waals surface area (Å²) in [5.41, 5.74) is 1.29. The Morgan fingerprint density at radius 1 is 1.18 bits per heavy atom. The number of hydrogen-bond acceptors (Lipinski definition) is 3. The minimum absolute atomic E-state index is 0.0866. The highest BCUT2D eigenvalue weighted by Gasteiger charge is 2.19. The van der Waals surface area contributed by atoms with Crippen LogP contribution in [0, 0.1) is 12.7 Å². The summed E-state index contributed by atoms with van der Waals surface area (Å²) in [5.74, 6) is -0.0566. The fourth-order valence-electron chi connectivity index (χ4n) is 2.09. The maximum Gasteiger partial charge on any atom is 0.244 e. The zero-order valence-electron chi connectivity index (χ0n) is 12.5. The number of rotatable bonds is 6. The van der Waals surface area contributed by atoms with Gasteiger partial charge in [-0.2, -0.15) is 0 Å². The molecule has 4 nitrogen and oxygen atoms in total. The second-order valence-corrected chi connectivity index (χ2v) is 6.63. The number of ether oxygens (including phenoxy) is 1. The van der Waals surface area contributed by atoms with E-state index >= 15 is 0 Å². The van der Waals surface area contributed by atoms with Gasteiger partial charge in [0, 0.05) is 6.54 Å². The van der Waals surface area contributed by atoms with E-state index in [9.17, 15) is 12.8 Å². The van der Waals surface area contributed by atoms with Crippen LogP contribution in [0.5, 0.6) is 5.75 Å². The minimum atomic E-state index is -3.71. The van der Waals surface area contributed by atoms with Gasteiger partial charge in [-0.1, -0.05) is 24.3 Å². The fraction of sp³-hybridized carbons (Fsp3) is 0.250. The normalized spacial score (nSPS) is 11.4. The summed E-state index contributed by atoms with van der Waals surface area (Å²) in [7, 11) is -2.29. The Morgan fingerprint density at radius 2 is 1.91 bits per heavy atom. The second kappa shape index (κ2) is 6.89. The van der Waals surface area contributed by atoms with Crippen molar-refractivity contribution in [3.63, 3.8) is 0 Å². The summed E-state index contributed by atoms with van der Waals surface area (Å²) in [6.45, 7) is 1.91. The van der Waals surface area contributed by atoms with E-state index in [0.717, 1.165) is 5.56 Å². The van der Waals surface area contributed by atoms with Crippen LogP contribution in [0.15, 0.2) is 47.4 Å². The molecule has 0 radical (unpaired) electrons. The molecular formula is C16H18FNO3S. The summed E-state index contributed by atoms with van der Waals surface area (Å²) in [6.07, 6.45) is 0.278. The molecule has 118 valence electrons. The first-order chi connectivity index (χ1) is 10.4. The molecule has 22 heavy (non-hydrogen) atoms. The smallest absolute Gasteiger partial charge is 0.244 e. The highest BCUT2D eigenvalue weighted by molar-refractivity contribution is 7.89. The third-order valence-corrected chi connectivity index (χ3v) is 4.74. The molecule has 0 aliphatic carbocycles. The Kier molecular flexibility index (Phi) is 5.15. The Bertz CT molecular complexity index is 760. The standard InChI is InChI=1S/C16H18FNO3S/c1-12-7-8-15(21-2)16(11-12)22(19,20)18-10-9-13-5-3-4-6-14(13)17/h3-8,11,18H,9-10H2,1-2H3. The average molecular weight is 323 g/mol. The van der Waals surface area contributed by atoms with Gasteiger partial charge in [-0.25, -0.2) is 17.5 Å². The molecule has 0 aromatic heterocycles. The van der Waals surface area contributed by atoms with Crippen molar-refractivity contribution in [2.45, 2.75) is 18.2 Å². The van der Waals surface area contributed by atoms with Gasteiger partial charge in [0.15, 0.2) is 0 Å². The molecule has 1 N–H and O–H groups in total. The Hall–Kier alpha value is -1.92. The summed E-state index contributed by atoms with van der Waals surface area (Å²) >= 11 is 0. The van der Waals surface area contributed by atoms with Gasteiger partial charge >= 0.3 is 0 Å². The van der Waals surface area contributed by atoms with E-state index < -0.39 is 10.0 Å². The summed E-state index contributed by atoms with van der Waals surface area (Å²) < 4.78 is 45.8. The van der Waals surface area contributed by atoms with Crippen LogP contribution in [0.2, 0.25) is 0 Å². The lowest BCUT2D eigenvalue weighted by Gasteiger charge is -2.11. The van der Waals surface area contributed by atoms with Crippen molar-refractivity contribution < 1.29 is 17.5 Å². The van der Waals surface area contributed by atoms with Crippen LogP contribution in [0.4, 0.5) is 4.39 Å². The van der Waals surface area contributed by atoms with Crippen LogP contribution in [0.3, 0.4) is 0 Å². The monoisotopic (exact) mass is 323 g/mol. The molecule has 0 aliphatic rings. The first-order valence-corrected chi connectivity index (χ1v) is 8.30. The van der Waals surface area contributed by atoms with Crippen LogP contribution in [-0.2, 0) is 16.4 Å². The average Bonchev–Trinajstić information content (AvgIpc) is 2.49. The quantitative estimate of drug-likeness (QED) is 0.889. The van der Waals surface area contributed by atoms with Crippen LogP contribution in [0.25, 0.3) is 0 Å². The molecule has 6 heteroatoms. The molecule has 0 spiro atoms. The topological polar surface area (TPSA) is 55.4 Å². The van der Waals surface area contributed by atoms with Crippen molar-refractivity contribution >= 4 is 10.0 Å². The van der Waals surface area contributed by atoms with E-state index in [2.05, 4.69) is 4.72 Å². The van der Waals surface area contributed by atoms with Crippen molar-refractivity contribution in [3.8, 4) is 5.75 Å². The Morgan fingerprint density at radius 3 is 2.59 bits per heavy atom. The van der Waals surface area contributed by atoms with Gasteiger partial charge in [0.2, 0.25) is 10.0 Å². The zero-order valence-corrected chi connectivity index (χ0v) is 13.3. The summed E-state index contributed by atoms with van der Waals surface area (Å²) in [6, 6.07) is 11.2. The molecule has 2 aromatic rings. The van der Waals surface area contributed by atoms with Crippen molar-refractivity contribution in [3.05, 3.63) is 59.4 Å². The summed E-state index contributed by atoms with van der Waals surface area (Å²) in [4.78, 5) is 0.0866. The van der Waals surface area contributed by atoms with E-state index in [1.807, 2.05) is 0 Å². The van der Waals surface area contributed by atoms with E-state index in [-0.39, 0.29) is 29.4 Å². The molecule has 2 rings (SSSR count). The van der Waals surface area contributed by atoms with Gasteiger partial charge in [-0.3, -0.25) is 0 Å². The predicted octanol–water partition coefficient (Wildman–Crippen LogP) is 2.66. The molecule has 0 saturated heterocycles. The Labute approximate surface area is 130 Å². The fourth-order valence-corrected chi connectivity index (χ4v) is 3.38. The Balaban J connectivity index is 2.12. The third-order valence-electron chi connectivity index (χ3n) is 3.25. The number of aryl methyl sites for hydroxylation is 1. The molecule has 0 saturated carbocycles. The van der Waals surface area contributed by atoms with E-state index in [0.29, 0.717) is 5.56 Å². The number of methoxy groups -OCH3 is 1. The van der Waals surface area contributed by atoms with Crippen LogP contribution in [-0.4, -0.2) is 22.1 Å². The molecule has 0 unspecified atom stereocenters. The molecular weight excluding hydrogens is 305 g/mol. The van der Waals surface area contributed by atoms with Crippen LogP contribution >= 0.6 is 0 Å². The first kappa shape index (κ1) is 16.5. The lowest BCUT2D eigenvalue weighted by molar-refractivity contribution is 0.402. The maximum absolute atomic E-state index is 13.5. The molecule has 0 fully saturated rings. The number of sulfonamides is 1. The lowest BCUT2D eigenvalue weighted by atomic mass is 10.1. The lowest BCUT2D eigenvalue weighted by Crippen LogP contribution is -2.26. The van der Waals surface area contributed by atoms with Gasteiger partial charge in [-0.15, -0.1) is 0 Å². The first-order valence-electron chi connectivity index (χ1n) is 6.82. The van der Waals surface area contributed by atoms with Gasteiger partial charge in [0.25, 0.3) is 0 Å². The van der Waals surface area contributed by atoms with Gasteiger partial charge in [0.1, 0.15) is 16.5 Å². The molecule has 0 aliphatic heterocycles. The van der Waals surface area contributed by atoms with Gasteiger partial charge < -0.3 is 4.74 Å². The van der Waals surface area contributed by atoms with Crippen molar-refractivity contribution in [2.24, 2.45) is 0 Å². The van der Waals surface area contributed by atoms with Gasteiger partial charge in [-0.05, 0) is 42.7 Å². The highest BCUT2D eigenvalue weighted by atomic mass is 32.2. The summed E-state index contributed by atoms with van der Waals surface area (Å²) in [5, 5.41) is 0. The molecule has 0 heterocycles. The van der Waals surface area contributed by atoms with Crippen LogP contribution in [0.1, 0.15) is 11.1 Å². The van der Waals surface area contributed by atoms with Crippen molar-refractivity contribution in [1.29, 1.82) is 0 Å². The largest absolute Gasteiger partial charge is 0.495 e. The van der Waals surface area contributed by atoms with Crippen LogP contribution < -0.4 is 9.46 Å². The second-order valence-electron chi connectivity index (χ2n) is 4.89. The highest BCUT2D eigenvalue weighted by Crippen LogP contribution is 2.24. The van der Waals surface area contributed by atoms with Crippen molar-refractivity contribution in [1.82, 2.24) is 4.72 Å². The van der Waals surface area contributed by atoms with Gasteiger partial charge in [0.05, 0.1) is 7.11 Å². The maximum atomic E-state index is 13.5.